The van der Waals surface area contributed by atoms with Crippen molar-refractivity contribution in [1.82, 2.24) is 5.32 Å². The summed E-state index contributed by atoms with van der Waals surface area (Å²) in [6.45, 7) is 6.26. The van der Waals surface area contributed by atoms with Crippen LogP contribution in [0.1, 0.15) is 36.4 Å². The smallest absolute Gasteiger partial charge is 0.0300 e. The second-order valence-corrected chi connectivity index (χ2v) is 6.36. The molecule has 0 aromatic carbocycles. The van der Waals surface area contributed by atoms with E-state index < -0.39 is 0 Å². The van der Waals surface area contributed by atoms with Crippen molar-refractivity contribution in [3.05, 3.63) is 21.9 Å². The van der Waals surface area contributed by atoms with Crippen LogP contribution in [0.25, 0.3) is 0 Å². The van der Waals surface area contributed by atoms with Gasteiger partial charge in [0.2, 0.25) is 0 Å². The van der Waals surface area contributed by atoms with E-state index in [0.29, 0.717) is 0 Å². The molecular formula is C13H22N2S. The van der Waals surface area contributed by atoms with Gasteiger partial charge in [-0.1, -0.05) is 6.92 Å². The van der Waals surface area contributed by atoms with E-state index in [1.165, 1.54) is 22.6 Å². The van der Waals surface area contributed by atoms with Crippen molar-refractivity contribution in [3.8, 4) is 0 Å². The molecule has 3 heteroatoms. The van der Waals surface area contributed by atoms with Crippen LogP contribution in [0.4, 0.5) is 0 Å². The van der Waals surface area contributed by atoms with Crippen molar-refractivity contribution in [3.63, 3.8) is 0 Å². The molecular weight excluding hydrogens is 216 g/mol. The largest absolute Gasteiger partial charge is 0.324 e. The molecule has 0 amide bonds. The fourth-order valence-electron chi connectivity index (χ4n) is 2.05. The summed E-state index contributed by atoms with van der Waals surface area (Å²) in [6.07, 6.45) is 3.77. The minimum atomic E-state index is -0.00908. The first-order valence-electron chi connectivity index (χ1n) is 6.19. The Bertz CT molecular complexity index is 339. The Kier molecular flexibility index (Phi) is 3.67. The summed E-state index contributed by atoms with van der Waals surface area (Å²) in [4.78, 5) is 2.89. The van der Waals surface area contributed by atoms with Crippen LogP contribution >= 0.6 is 11.3 Å². The molecule has 1 saturated carbocycles. The van der Waals surface area contributed by atoms with Crippen molar-refractivity contribution in [2.24, 2.45) is 11.7 Å². The number of nitrogens with one attached hydrogen (secondary N) is 1. The first kappa shape index (κ1) is 12.1. The first-order valence-corrected chi connectivity index (χ1v) is 7.00. The van der Waals surface area contributed by atoms with Crippen LogP contribution in [0, 0.1) is 5.92 Å². The first-order chi connectivity index (χ1) is 7.62. The van der Waals surface area contributed by atoms with Crippen molar-refractivity contribution >= 4 is 11.3 Å². The molecule has 1 aromatic heterocycles. The average molecular weight is 238 g/mol. The maximum atomic E-state index is 6.26. The van der Waals surface area contributed by atoms with Crippen molar-refractivity contribution in [1.29, 1.82) is 0 Å². The lowest BCUT2D eigenvalue weighted by atomic mass is 9.97. The highest BCUT2D eigenvalue weighted by atomic mass is 32.1. The van der Waals surface area contributed by atoms with Crippen LogP contribution in [0.3, 0.4) is 0 Å². The summed E-state index contributed by atoms with van der Waals surface area (Å²) in [5.74, 6) is 0.745. The highest BCUT2D eigenvalue weighted by Gasteiger charge is 2.37. The molecule has 0 radical (unpaired) electrons. The number of hydrogen-bond acceptors (Lipinski definition) is 3. The lowest BCUT2D eigenvalue weighted by Gasteiger charge is -2.24. The fourth-order valence-corrected chi connectivity index (χ4v) is 2.98. The van der Waals surface area contributed by atoms with E-state index in [0.717, 1.165) is 25.4 Å². The molecule has 0 aliphatic heterocycles. The van der Waals surface area contributed by atoms with Gasteiger partial charge in [-0.2, -0.15) is 0 Å². The van der Waals surface area contributed by atoms with Gasteiger partial charge in [0.1, 0.15) is 0 Å². The minimum Gasteiger partial charge on any atom is -0.324 e. The van der Waals surface area contributed by atoms with Gasteiger partial charge in [0.15, 0.2) is 0 Å². The zero-order valence-corrected chi connectivity index (χ0v) is 11.1. The molecule has 1 aromatic rings. The average Bonchev–Trinajstić information content (AvgIpc) is 3.01. The third-order valence-electron chi connectivity index (χ3n) is 3.38. The second kappa shape index (κ2) is 4.86. The van der Waals surface area contributed by atoms with Gasteiger partial charge >= 0.3 is 0 Å². The highest BCUT2D eigenvalue weighted by Crippen LogP contribution is 2.37. The molecule has 3 N–H and O–H groups in total. The number of aryl methyl sites for hydroxylation is 1. The molecule has 1 heterocycles. The Labute approximate surface area is 102 Å². The summed E-state index contributed by atoms with van der Waals surface area (Å²) < 4.78 is 0. The molecule has 0 spiro atoms. The minimum absolute atomic E-state index is 0.00908. The Hall–Kier alpha value is -0.380. The van der Waals surface area contributed by atoms with Crippen LogP contribution in [0.5, 0.6) is 0 Å². The number of hydrogen-bond donors (Lipinski definition) is 2. The van der Waals surface area contributed by atoms with Crippen LogP contribution in [0.2, 0.25) is 0 Å². The van der Waals surface area contributed by atoms with E-state index in [4.69, 9.17) is 5.73 Å². The molecule has 1 aliphatic carbocycles. The fraction of sp³-hybridized carbons (Fsp3) is 0.692. The van der Waals surface area contributed by atoms with Crippen LogP contribution in [-0.2, 0) is 13.0 Å². The molecule has 0 saturated heterocycles. The molecule has 1 aliphatic rings. The van der Waals surface area contributed by atoms with Gasteiger partial charge in [-0.15, -0.1) is 11.3 Å². The van der Waals surface area contributed by atoms with E-state index in [1.807, 2.05) is 11.3 Å². The quantitative estimate of drug-likeness (QED) is 0.799. The number of thiophene rings is 1. The lowest BCUT2D eigenvalue weighted by Crippen LogP contribution is -2.47. The van der Waals surface area contributed by atoms with Gasteiger partial charge in [0, 0.05) is 28.4 Å². The van der Waals surface area contributed by atoms with Crippen LogP contribution in [0.15, 0.2) is 12.1 Å². The van der Waals surface area contributed by atoms with E-state index in [-0.39, 0.29) is 5.54 Å². The predicted octanol–water partition coefficient (Wildman–Crippen LogP) is 2.53. The van der Waals surface area contributed by atoms with Crippen LogP contribution in [-0.4, -0.2) is 12.1 Å². The monoisotopic (exact) mass is 238 g/mol. The Balaban J connectivity index is 1.74. The highest BCUT2D eigenvalue weighted by molar-refractivity contribution is 7.11. The van der Waals surface area contributed by atoms with E-state index >= 15 is 0 Å². The molecule has 1 unspecified atom stereocenters. The Morgan fingerprint density at radius 1 is 1.44 bits per heavy atom. The van der Waals surface area contributed by atoms with Gasteiger partial charge in [0.25, 0.3) is 0 Å². The maximum Gasteiger partial charge on any atom is 0.0300 e. The number of rotatable bonds is 6. The standard InChI is InChI=1S/C13H22N2S/c1-3-11-6-7-12(16-11)8-15-9-13(2,14)10-4-5-10/h6-7,10,15H,3-5,8-9,14H2,1-2H3. The van der Waals surface area contributed by atoms with E-state index in [2.05, 4.69) is 31.3 Å². The Morgan fingerprint density at radius 2 is 2.12 bits per heavy atom. The Morgan fingerprint density at radius 3 is 2.69 bits per heavy atom. The van der Waals surface area contributed by atoms with Gasteiger partial charge in [0.05, 0.1) is 0 Å². The summed E-state index contributed by atoms with van der Waals surface area (Å²) in [5, 5.41) is 3.49. The van der Waals surface area contributed by atoms with E-state index in [9.17, 15) is 0 Å². The molecule has 90 valence electrons. The number of nitrogens with two attached hydrogens (primary N) is 1. The third-order valence-corrected chi connectivity index (χ3v) is 4.61. The SMILES string of the molecule is CCc1ccc(CNCC(C)(N)C2CC2)s1. The van der Waals surface area contributed by atoms with Crippen molar-refractivity contribution < 1.29 is 0 Å². The van der Waals surface area contributed by atoms with Gasteiger partial charge in [-0.05, 0) is 44.2 Å². The zero-order valence-electron chi connectivity index (χ0n) is 10.3. The van der Waals surface area contributed by atoms with Crippen LogP contribution < -0.4 is 11.1 Å². The maximum absolute atomic E-state index is 6.26. The van der Waals surface area contributed by atoms with Crippen molar-refractivity contribution in [2.75, 3.05) is 6.54 Å². The molecule has 2 rings (SSSR count). The molecule has 0 bridgehead atoms. The zero-order chi connectivity index (χ0) is 11.6. The van der Waals surface area contributed by atoms with Crippen molar-refractivity contribution in [2.45, 2.75) is 45.2 Å². The summed E-state index contributed by atoms with van der Waals surface area (Å²) >= 11 is 1.90. The molecule has 16 heavy (non-hydrogen) atoms. The molecule has 1 atom stereocenters. The van der Waals surface area contributed by atoms with E-state index in [1.54, 1.807) is 0 Å². The molecule has 2 nitrogen and oxygen atoms in total. The van der Waals surface area contributed by atoms with Gasteiger partial charge in [-0.25, -0.2) is 0 Å². The van der Waals surface area contributed by atoms with Gasteiger partial charge < -0.3 is 11.1 Å². The second-order valence-electron chi connectivity index (χ2n) is 5.11. The summed E-state index contributed by atoms with van der Waals surface area (Å²) in [7, 11) is 0. The summed E-state index contributed by atoms with van der Waals surface area (Å²) in [6, 6.07) is 4.45. The predicted molar refractivity (Wildman–Crippen MR) is 70.7 cm³/mol. The molecule has 1 fully saturated rings. The third kappa shape index (κ3) is 3.06. The topological polar surface area (TPSA) is 38.0 Å². The van der Waals surface area contributed by atoms with Gasteiger partial charge in [-0.3, -0.25) is 0 Å². The normalized spacial score (nSPS) is 19.7. The lowest BCUT2D eigenvalue weighted by molar-refractivity contribution is 0.380. The summed E-state index contributed by atoms with van der Waals surface area (Å²) in [5.41, 5.74) is 6.25.